The van der Waals surface area contributed by atoms with Gasteiger partial charge >= 0.3 is 5.97 Å². The number of ether oxygens (including phenoxy) is 1. The molecular weight excluding hydrogens is 308 g/mol. The van der Waals surface area contributed by atoms with Gasteiger partial charge in [-0.25, -0.2) is 4.79 Å². The molecule has 24 heavy (non-hydrogen) atoms. The number of hydrogen-bond acceptors (Lipinski definition) is 5. The average Bonchev–Trinajstić information content (AvgIpc) is 2.97. The molecule has 1 amide bonds. The van der Waals surface area contributed by atoms with E-state index >= 15 is 0 Å². The van der Waals surface area contributed by atoms with Gasteiger partial charge in [0.2, 0.25) is 5.91 Å². The molecule has 0 bridgehead atoms. The normalized spacial score (nSPS) is 24.6. The van der Waals surface area contributed by atoms with Crippen LogP contribution in [0.15, 0.2) is 18.2 Å². The summed E-state index contributed by atoms with van der Waals surface area (Å²) >= 11 is 0. The Hall–Kier alpha value is -2.08. The molecule has 1 aromatic rings. The van der Waals surface area contributed by atoms with Gasteiger partial charge in [-0.15, -0.1) is 0 Å². The van der Waals surface area contributed by atoms with Gasteiger partial charge in [0.1, 0.15) is 11.3 Å². The van der Waals surface area contributed by atoms with Gasteiger partial charge in [-0.05, 0) is 43.5 Å². The molecule has 1 aromatic carbocycles. The fourth-order valence-corrected chi connectivity index (χ4v) is 3.95. The van der Waals surface area contributed by atoms with Crippen LogP contribution in [-0.2, 0) is 16.1 Å². The summed E-state index contributed by atoms with van der Waals surface area (Å²) in [5.74, 6) is -0.360. The lowest BCUT2D eigenvalue weighted by atomic mass is 9.78. The molecule has 6 heteroatoms. The van der Waals surface area contributed by atoms with Crippen molar-refractivity contribution in [1.82, 2.24) is 9.80 Å². The smallest absolute Gasteiger partial charge is 0.341 e. The maximum Gasteiger partial charge on any atom is 0.341 e. The third-order valence-corrected chi connectivity index (χ3v) is 5.25. The van der Waals surface area contributed by atoms with Crippen LogP contribution in [0.1, 0.15) is 35.2 Å². The number of rotatable bonds is 3. The molecule has 0 unspecified atom stereocenters. The Kier molecular flexibility index (Phi) is 4.49. The first-order valence-corrected chi connectivity index (χ1v) is 8.33. The predicted octanol–water partition coefficient (Wildman–Crippen LogP) is 1.62. The van der Waals surface area contributed by atoms with Gasteiger partial charge in [-0.1, -0.05) is 6.07 Å². The molecule has 130 valence electrons. The predicted molar refractivity (Wildman–Crippen MR) is 88.6 cm³/mol. The van der Waals surface area contributed by atoms with Crippen molar-refractivity contribution in [3.8, 4) is 5.75 Å². The zero-order chi connectivity index (χ0) is 17.3. The van der Waals surface area contributed by atoms with Crippen molar-refractivity contribution in [2.75, 3.05) is 33.8 Å². The van der Waals surface area contributed by atoms with Gasteiger partial charge in [0.05, 0.1) is 12.5 Å². The number of phenols is 1. The molecule has 0 aliphatic carbocycles. The highest BCUT2D eigenvalue weighted by Gasteiger charge is 2.47. The van der Waals surface area contributed by atoms with Crippen LogP contribution in [0.3, 0.4) is 0 Å². The van der Waals surface area contributed by atoms with Gasteiger partial charge in [0, 0.05) is 26.7 Å². The summed E-state index contributed by atoms with van der Waals surface area (Å²) < 4.78 is 4.70. The van der Waals surface area contributed by atoms with E-state index in [1.807, 2.05) is 18.0 Å². The second-order valence-electron chi connectivity index (χ2n) is 6.91. The standard InChI is InChI=1S/C18H24N2O4/c1-19-8-3-6-18(17(19)23)7-9-20(12-18)11-13-4-5-15(21)14(10-13)16(22)24-2/h4-5,10,21H,3,6-9,11-12H2,1-2H3/t18-/m1/s1. The van der Waals surface area contributed by atoms with Crippen LogP contribution >= 0.6 is 0 Å². The minimum Gasteiger partial charge on any atom is -0.507 e. The molecule has 0 aromatic heterocycles. The summed E-state index contributed by atoms with van der Waals surface area (Å²) in [7, 11) is 3.18. The van der Waals surface area contributed by atoms with E-state index in [2.05, 4.69) is 4.90 Å². The third-order valence-electron chi connectivity index (χ3n) is 5.25. The lowest BCUT2D eigenvalue weighted by molar-refractivity contribution is -0.143. The van der Waals surface area contributed by atoms with Crippen LogP contribution in [0, 0.1) is 5.41 Å². The van der Waals surface area contributed by atoms with Crippen molar-refractivity contribution in [2.24, 2.45) is 5.41 Å². The number of phenolic OH excluding ortho intramolecular Hbond substituents is 1. The maximum absolute atomic E-state index is 12.6. The molecule has 0 saturated carbocycles. The van der Waals surface area contributed by atoms with E-state index < -0.39 is 5.97 Å². The highest BCUT2D eigenvalue weighted by molar-refractivity contribution is 5.92. The van der Waals surface area contributed by atoms with Gasteiger partial charge in [0.15, 0.2) is 0 Å². The monoisotopic (exact) mass is 332 g/mol. The summed E-state index contributed by atoms with van der Waals surface area (Å²) in [6, 6.07) is 5.00. The number of aromatic hydroxyl groups is 1. The molecule has 2 aliphatic heterocycles. The topological polar surface area (TPSA) is 70.1 Å². The Morgan fingerprint density at radius 3 is 2.88 bits per heavy atom. The molecule has 0 radical (unpaired) electrons. The van der Waals surface area contributed by atoms with Crippen LogP contribution in [0.4, 0.5) is 0 Å². The fraction of sp³-hybridized carbons (Fsp3) is 0.556. The first-order chi connectivity index (χ1) is 11.4. The van der Waals surface area contributed by atoms with Crippen molar-refractivity contribution in [3.63, 3.8) is 0 Å². The Morgan fingerprint density at radius 1 is 1.33 bits per heavy atom. The van der Waals surface area contributed by atoms with E-state index in [1.54, 1.807) is 6.07 Å². The Morgan fingerprint density at radius 2 is 2.12 bits per heavy atom. The molecule has 3 rings (SSSR count). The third kappa shape index (κ3) is 2.98. The lowest BCUT2D eigenvalue weighted by Gasteiger charge is -2.37. The largest absolute Gasteiger partial charge is 0.507 e. The van der Waals surface area contributed by atoms with Gasteiger partial charge in [-0.3, -0.25) is 9.69 Å². The van der Waals surface area contributed by atoms with Crippen molar-refractivity contribution >= 4 is 11.9 Å². The van der Waals surface area contributed by atoms with E-state index in [0.29, 0.717) is 6.54 Å². The van der Waals surface area contributed by atoms with E-state index in [1.165, 1.54) is 13.2 Å². The molecule has 1 spiro atoms. The van der Waals surface area contributed by atoms with Crippen molar-refractivity contribution in [3.05, 3.63) is 29.3 Å². The Bertz CT molecular complexity index is 660. The molecule has 2 fully saturated rings. The number of benzene rings is 1. The molecule has 6 nitrogen and oxygen atoms in total. The zero-order valence-electron chi connectivity index (χ0n) is 14.2. The van der Waals surface area contributed by atoms with E-state index in [-0.39, 0.29) is 22.6 Å². The van der Waals surface area contributed by atoms with Crippen molar-refractivity contribution in [1.29, 1.82) is 0 Å². The van der Waals surface area contributed by atoms with E-state index in [0.717, 1.165) is 44.5 Å². The SMILES string of the molecule is COC(=O)c1cc(CN2CC[C@]3(CCCN(C)C3=O)C2)ccc1O. The number of methoxy groups -OCH3 is 1. The number of likely N-dealkylation sites (tertiary alicyclic amines) is 2. The quantitative estimate of drug-likeness (QED) is 0.852. The second-order valence-corrected chi connectivity index (χ2v) is 6.91. The van der Waals surface area contributed by atoms with Crippen LogP contribution in [0.2, 0.25) is 0 Å². The van der Waals surface area contributed by atoms with Crippen LogP contribution in [-0.4, -0.2) is 60.6 Å². The highest BCUT2D eigenvalue weighted by atomic mass is 16.5. The summed E-state index contributed by atoms with van der Waals surface area (Å²) in [5, 5.41) is 9.80. The first-order valence-electron chi connectivity index (χ1n) is 8.33. The van der Waals surface area contributed by atoms with E-state index in [4.69, 9.17) is 4.74 Å². The summed E-state index contributed by atoms with van der Waals surface area (Å²) in [4.78, 5) is 28.4. The van der Waals surface area contributed by atoms with Gasteiger partial charge in [0.25, 0.3) is 0 Å². The number of carbonyl (C=O) groups excluding carboxylic acids is 2. The van der Waals surface area contributed by atoms with Crippen molar-refractivity contribution in [2.45, 2.75) is 25.8 Å². The Labute approximate surface area is 142 Å². The number of piperidine rings is 1. The highest BCUT2D eigenvalue weighted by Crippen LogP contribution is 2.40. The molecule has 1 N–H and O–H groups in total. The molecule has 2 aliphatic rings. The van der Waals surface area contributed by atoms with E-state index in [9.17, 15) is 14.7 Å². The van der Waals surface area contributed by atoms with Crippen LogP contribution < -0.4 is 0 Å². The van der Waals surface area contributed by atoms with Gasteiger partial charge < -0.3 is 14.7 Å². The van der Waals surface area contributed by atoms with Crippen LogP contribution in [0.5, 0.6) is 5.75 Å². The minimum atomic E-state index is -0.545. The number of hydrogen-bond donors (Lipinski definition) is 1. The maximum atomic E-state index is 12.6. The Balaban J connectivity index is 1.72. The fourth-order valence-electron chi connectivity index (χ4n) is 3.95. The molecular formula is C18H24N2O4. The second kappa shape index (κ2) is 6.43. The number of esters is 1. The molecule has 1 atom stereocenters. The first kappa shape index (κ1) is 16.8. The minimum absolute atomic E-state index is 0.0763. The van der Waals surface area contributed by atoms with Gasteiger partial charge in [-0.2, -0.15) is 0 Å². The summed E-state index contributed by atoms with van der Waals surface area (Å²) in [6.07, 6.45) is 2.90. The number of nitrogens with zero attached hydrogens (tertiary/aromatic N) is 2. The molecule has 2 heterocycles. The number of carbonyl (C=O) groups is 2. The number of amides is 1. The van der Waals surface area contributed by atoms with Crippen molar-refractivity contribution < 1.29 is 19.4 Å². The molecule has 2 saturated heterocycles. The lowest BCUT2D eigenvalue weighted by Crippen LogP contribution is -2.48. The zero-order valence-corrected chi connectivity index (χ0v) is 14.2. The summed E-state index contributed by atoms with van der Waals surface area (Å²) in [6.45, 7) is 3.13. The summed E-state index contributed by atoms with van der Waals surface area (Å²) in [5.41, 5.74) is 0.869. The average molecular weight is 332 g/mol. The van der Waals surface area contributed by atoms with Crippen LogP contribution in [0.25, 0.3) is 0 Å².